The van der Waals surface area contributed by atoms with Gasteiger partial charge in [-0.1, -0.05) is 13.8 Å². The van der Waals surface area contributed by atoms with Gasteiger partial charge in [-0.05, 0) is 32.0 Å². The molecule has 0 fully saturated rings. The number of nitrogens with one attached hydrogen (secondary N) is 1. The van der Waals surface area contributed by atoms with E-state index in [0.29, 0.717) is 12.3 Å². The Kier molecular flexibility index (Phi) is 6.24. The standard InChI is InChI=1S/C20H22F3N5O5S/c1-10(2)17(29)28(34(5,32)33)27-18(30)13-8-12(16-6-7-24-26(16)11(3)4)14(20(21,22)23)9-15(13)25-19(27)31/h6-11H,1-5H3,(H,25,31). The number of halogens is 3. The highest BCUT2D eigenvalue weighted by atomic mass is 32.2. The Morgan fingerprint density at radius 2 is 1.76 bits per heavy atom. The molecule has 1 aromatic carbocycles. The van der Waals surface area contributed by atoms with Crippen molar-refractivity contribution in [3.63, 3.8) is 0 Å². The summed E-state index contributed by atoms with van der Waals surface area (Å²) < 4.78 is 67.8. The maximum Gasteiger partial charge on any atom is 0.417 e. The zero-order chi connectivity index (χ0) is 25.7. The Bertz CT molecular complexity index is 1500. The van der Waals surface area contributed by atoms with Gasteiger partial charge in [0.2, 0.25) is 0 Å². The van der Waals surface area contributed by atoms with Gasteiger partial charge in [0.05, 0.1) is 28.4 Å². The largest absolute Gasteiger partial charge is 0.417 e. The number of nitrogens with zero attached hydrogens (tertiary/aromatic N) is 4. The second-order valence-corrected chi connectivity index (χ2v) is 10.1. The van der Waals surface area contributed by atoms with Gasteiger partial charge in [-0.3, -0.25) is 14.3 Å². The van der Waals surface area contributed by atoms with Crippen LogP contribution in [0.5, 0.6) is 0 Å². The van der Waals surface area contributed by atoms with Gasteiger partial charge in [-0.25, -0.2) is 13.2 Å². The molecule has 0 unspecified atom stereocenters. The first-order valence-corrected chi connectivity index (χ1v) is 11.9. The molecule has 184 valence electrons. The third-order valence-electron chi connectivity index (χ3n) is 4.93. The van der Waals surface area contributed by atoms with Crippen LogP contribution in [-0.4, -0.2) is 40.0 Å². The van der Waals surface area contributed by atoms with E-state index in [1.807, 2.05) is 0 Å². The van der Waals surface area contributed by atoms with Gasteiger partial charge in [0, 0.05) is 23.7 Å². The second-order valence-electron chi connectivity index (χ2n) is 8.24. The summed E-state index contributed by atoms with van der Waals surface area (Å²) in [7, 11) is -4.45. The number of sulfonamides is 1. The van der Waals surface area contributed by atoms with Crippen LogP contribution < -0.4 is 15.7 Å². The summed E-state index contributed by atoms with van der Waals surface area (Å²) in [4.78, 5) is 40.5. The summed E-state index contributed by atoms with van der Waals surface area (Å²) in [5.41, 5.74) is -4.60. The first-order chi connectivity index (χ1) is 15.6. The number of fused-ring (bicyclic) bond motifs is 1. The molecule has 0 spiro atoms. The molecule has 0 aliphatic heterocycles. The number of H-pyrrole nitrogens is 1. The fourth-order valence-electron chi connectivity index (χ4n) is 3.44. The molecule has 2 aromatic heterocycles. The van der Waals surface area contributed by atoms with Gasteiger partial charge in [0.1, 0.15) is 0 Å². The van der Waals surface area contributed by atoms with Crippen molar-refractivity contribution in [1.29, 1.82) is 0 Å². The Balaban J connectivity index is 2.48. The average molecular weight is 501 g/mol. The van der Waals surface area contributed by atoms with E-state index in [4.69, 9.17) is 0 Å². The lowest BCUT2D eigenvalue weighted by molar-refractivity contribution is -0.137. The van der Waals surface area contributed by atoms with E-state index in [0.717, 1.165) is 6.07 Å². The molecule has 3 aromatic rings. The van der Waals surface area contributed by atoms with E-state index in [9.17, 15) is 36.0 Å². The summed E-state index contributed by atoms with van der Waals surface area (Å²) in [6.07, 6.45) is -2.92. The monoisotopic (exact) mass is 501 g/mol. The first kappa shape index (κ1) is 25.2. The van der Waals surface area contributed by atoms with Crippen molar-refractivity contribution in [2.24, 2.45) is 5.92 Å². The van der Waals surface area contributed by atoms with Crippen LogP contribution in [-0.2, 0) is 21.0 Å². The summed E-state index contributed by atoms with van der Waals surface area (Å²) in [6, 6.07) is 2.53. The fourth-order valence-corrected chi connectivity index (χ4v) is 4.42. The minimum Gasteiger partial charge on any atom is -0.305 e. The van der Waals surface area contributed by atoms with E-state index in [1.54, 1.807) is 13.8 Å². The van der Waals surface area contributed by atoms with E-state index < -0.39 is 61.3 Å². The molecular weight excluding hydrogens is 479 g/mol. The Morgan fingerprint density at radius 3 is 2.26 bits per heavy atom. The van der Waals surface area contributed by atoms with Gasteiger partial charge >= 0.3 is 11.9 Å². The highest BCUT2D eigenvalue weighted by molar-refractivity contribution is 7.92. The summed E-state index contributed by atoms with van der Waals surface area (Å²) in [5, 5.41) is 3.60. The molecule has 0 saturated carbocycles. The van der Waals surface area contributed by atoms with E-state index >= 15 is 0 Å². The third kappa shape index (κ3) is 4.36. The number of carbonyl (C=O) groups excluding carboxylic acids is 1. The van der Waals surface area contributed by atoms with Crippen molar-refractivity contribution in [3.8, 4) is 11.3 Å². The number of aromatic amines is 1. The molecule has 0 atom stereocenters. The molecule has 34 heavy (non-hydrogen) atoms. The maximum absolute atomic E-state index is 13.9. The van der Waals surface area contributed by atoms with Crippen LogP contribution in [0.3, 0.4) is 0 Å². The number of rotatable bonds is 5. The topological polar surface area (TPSA) is 127 Å². The lowest BCUT2D eigenvalue weighted by atomic mass is 10.0. The van der Waals surface area contributed by atoms with Crippen molar-refractivity contribution in [3.05, 3.63) is 50.8 Å². The van der Waals surface area contributed by atoms with Crippen LogP contribution in [0.25, 0.3) is 22.2 Å². The number of hydrogen-bond acceptors (Lipinski definition) is 6. The number of amides is 1. The van der Waals surface area contributed by atoms with Crippen LogP contribution in [0, 0.1) is 5.92 Å². The molecule has 3 rings (SSSR count). The molecule has 0 aliphatic rings. The van der Waals surface area contributed by atoms with Crippen LogP contribution >= 0.6 is 0 Å². The van der Waals surface area contributed by atoms with Gasteiger partial charge in [-0.2, -0.15) is 18.3 Å². The Labute approximate surface area is 191 Å². The zero-order valence-electron chi connectivity index (χ0n) is 18.8. The number of carbonyl (C=O) groups is 1. The molecule has 0 bridgehead atoms. The summed E-state index contributed by atoms with van der Waals surface area (Å²) in [6.45, 7) is 6.14. The molecule has 1 N–H and O–H groups in total. The first-order valence-electron chi connectivity index (χ1n) is 10.0. The van der Waals surface area contributed by atoms with Gasteiger partial charge < -0.3 is 4.98 Å². The van der Waals surface area contributed by atoms with Crippen molar-refractivity contribution in [2.45, 2.75) is 39.9 Å². The minimum atomic E-state index is -4.85. The predicted molar refractivity (Wildman–Crippen MR) is 118 cm³/mol. The van der Waals surface area contributed by atoms with Crippen molar-refractivity contribution in [2.75, 3.05) is 10.7 Å². The van der Waals surface area contributed by atoms with Crippen molar-refractivity contribution in [1.82, 2.24) is 19.4 Å². The van der Waals surface area contributed by atoms with Crippen molar-refractivity contribution < 1.29 is 26.4 Å². The fraction of sp³-hybridized carbons (Fsp3) is 0.400. The zero-order valence-corrected chi connectivity index (χ0v) is 19.7. The third-order valence-corrected chi connectivity index (χ3v) is 5.90. The number of hydrogen-bond donors (Lipinski definition) is 1. The summed E-state index contributed by atoms with van der Waals surface area (Å²) >= 11 is 0. The van der Waals surface area contributed by atoms with Gasteiger partial charge in [0.25, 0.3) is 21.5 Å². The molecule has 10 nitrogen and oxygen atoms in total. The smallest absolute Gasteiger partial charge is 0.305 e. The quantitative estimate of drug-likeness (QED) is 0.571. The molecule has 0 radical (unpaired) electrons. The average Bonchev–Trinajstić information content (AvgIpc) is 3.18. The SMILES string of the molecule is CC(C)C(=O)N(n1c(=O)[nH]c2cc(C(F)(F)F)c(-c3ccnn3C(C)C)cc2c1=O)S(C)(=O)=O. The maximum atomic E-state index is 13.9. The van der Waals surface area contributed by atoms with E-state index in [1.165, 1.54) is 30.8 Å². The Morgan fingerprint density at radius 1 is 1.15 bits per heavy atom. The number of aromatic nitrogens is 4. The minimum absolute atomic E-state index is 0.0218. The second kappa shape index (κ2) is 8.42. The van der Waals surface area contributed by atoms with Gasteiger partial charge in [-0.15, -0.1) is 9.09 Å². The molecule has 0 aliphatic carbocycles. The van der Waals surface area contributed by atoms with Crippen LogP contribution in [0.4, 0.5) is 13.2 Å². The van der Waals surface area contributed by atoms with E-state index in [2.05, 4.69) is 10.1 Å². The normalized spacial score (nSPS) is 12.6. The summed E-state index contributed by atoms with van der Waals surface area (Å²) in [5.74, 6) is -1.99. The van der Waals surface area contributed by atoms with Crippen LogP contribution in [0.1, 0.15) is 39.3 Å². The molecule has 14 heteroatoms. The highest BCUT2D eigenvalue weighted by Gasteiger charge is 2.36. The molecule has 1 amide bonds. The Hall–Kier alpha value is -3.42. The van der Waals surface area contributed by atoms with Gasteiger partial charge in [0.15, 0.2) is 0 Å². The lowest BCUT2D eigenvalue weighted by Gasteiger charge is -2.23. The highest BCUT2D eigenvalue weighted by Crippen LogP contribution is 2.39. The van der Waals surface area contributed by atoms with Crippen molar-refractivity contribution >= 4 is 26.8 Å². The number of benzene rings is 1. The number of alkyl halides is 3. The molecular formula is C20H22F3N5O5S. The van der Waals surface area contributed by atoms with Crippen LogP contribution in [0.2, 0.25) is 0 Å². The lowest BCUT2D eigenvalue weighted by Crippen LogP contribution is -2.56. The predicted octanol–water partition coefficient (Wildman–Crippen LogP) is 2.23. The molecule has 0 saturated heterocycles. The molecule has 2 heterocycles. The van der Waals surface area contributed by atoms with Crippen LogP contribution in [0.15, 0.2) is 34.0 Å². The van der Waals surface area contributed by atoms with E-state index in [-0.39, 0.29) is 20.8 Å².